The average Bonchev–Trinajstić information content (AvgIpc) is 2.86. The minimum absolute atomic E-state index is 0.130. The van der Waals surface area contributed by atoms with E-state index < -0.39 is 5.97 Å². The SMILES string of the molecule is COc1ccccc1-c1nc2ccccn2c1C(=O)O. The first kappa shape index (κ1) is 12.2. The molecule has 0 aliphatic rings. The molecular formula is C15H12N2O3. The predicted molar refractivity (Wildman–Crippen MR) is 74.1 cm³/mol. The fourth-order valence-corrected chi connectivity index (χ4v) is 2.23. The Bertz CT molecular complexity index is 793. The number of para-hydroxylation sites is 1. The molecular weight excluding hydrogens is 256 g/mol. The summed E-state index contributed by atoms with van der Waals surface area (Å²) in [5.74, 6) is -0.428. The number of aromatic nitrogens is 2. The zero-order valence-electron chi connectivity index (χ0n) is 10.8. The fourth-order valence-electron chi connectivity index (χ4n) is 2.23. The first-order valence-electron chi connectivity index (χ1n) is 6.06. The highest BCUT2D eigenvalue weighted by Crippen LogP contribution is 2.32. The molecule has 0 radical (unpaired) electrons. The van der Waals surface area contributed by atoms with Gasteiger partial charge in [0.1, 0.15) is 17.1 Å². The number of nitrogens with zero attached hydrogens (tertiary/aromatic N) is 2. The molecule has 0 amide bonds. The molecule has 100 valence electrons. The Balaban J connectivity index is 2.36. The van der Waals surface area contributed by atoms with Crippen molar-refractivity contribution in [3.63, 3.8) is 0 Å². The number of carboxylic acids is 1. The third-order valence-electron chi connectivity index (χ3n) is 3.09. The lowest BCUT2D eigenvalue weighted by atomic mass is 10.1. The van der Waals surface area contributed by atoms with Gasteiger partial charge in [-0.15, -0.1) is 0 Å². The van der Waals surface area contributed by atoms with Gasteiger partial charge in [0.15, 0.2) is 5.69 Å². The van der Waals surface area contributed by atoms with Gasteiger partial charge in [0.2, 0.25) is 0 Å². The minimum atomic E-state index is -1.02. The summed E-state index contributed by atoms with van der Waals surface area (Å²) >= 11 is 0. The Kier molecular flexibility index (Phi) is 2.87. The van der Waals surface area contributed by atoms with E-state index in [1.165, 1.54) is 0 Å². The topological polar surface area (TPSA) is 63.8 Å². The summed E-state index contributed by atoms with van der Waals surface area (Å²) in [5.41, 5.74) is 1.79. The van der Waals surface area contributed by atoms with Crippen molar-refractivity contribution in [3.05, 3.63) is 54.4 Å². The maximum atomic E-state index is 11.6. The Morgan fingerprint density at radius 1 is 1.20 bits per heavy atom. The Morgan fingerprint density at radius 3 is 2.70 bits per heavy atom. The summed E-state index contributed by atoms with van der Waals surface area (Å²) < 4.78 is 6.85. The third kappa shape index (κ3) is 1.80. The number of rotatable bonds is 3. The molecule has 1 aromatic carbocycles. The highest BCUT2D eigenvalue weighted by atomic mass is 16.5. The predicted octanol–water partition coefficient (Wildman–Crippen LogP) is 2.71. The normalized spacial score (nSPS) is 10.7. The maximum Gasteiger partial charge on any atom is 0.355 e. The number of imidazole rings is 1. The van der Waals surface area contributed by atoms with Gasteiger partial charge in [-0.25, -0.2) is 9.78 Å². The lowest BCUT2D eigenvalue weighted by Crippen LogP contribution is -2.03. The lowest BCUT2D eigenvalue weighted by Gasteiger charge is -2.06. The lowest BCUT2D eigenvalue weighted by molar-refractivity contribution is 0.0690. The second-order valence-electron chi connectivity index (χ2n) is 4.24. The molecule has 5 nitrogen and oxygen atoms in total. The van der Waals surface area contributed by atoms with Gasteiger partial charge >= 0.3 is 5.97 Å². The van der Waals surface area contributed by atoms with Crippen molar-refractivity contribution < 1.29 is 14.6 Å². The van der Waals surface area contributed by atoms with Gasteiger partial charge in [0.25, 0.3) is 0 Å². The quantitative estimate of drug-likeness (QED) is 0.793. The molecule has 3 rings (SSSR count). The van der Waals surface area contributed by atoms with E-state index in [0.29, 0.717) is 22.7 Å². The monoisotopic (exact) mass is 268 g/mol. The number of carboxylic acid groups (broad SMARTS) is 1. The van der Waals surface area contributed by atoms with Gasteiger partial charge in [0, 0.05) is 11.8 Å². The molecule has 0 unspecified atom stereocenters. The van der Waals surface area contributed by atoms with Gasteiger partial charge in [0.05, 0.1) is 7.11 Å². The molecule has 1 N–H and O–H groups in total. The number of ether oxygens (including phenoxy) is 1. The van der Waals surface area contributed by atoms with Crippen LogP contribution in [0, 0.1) is 0 Å². The van der Waals surface area contributed by atoms with Gasteiger partial charge in [-0.3, -0.25) is 4.40 Å². The van der Waals surface area contributed by atoms with Crippen LogP contribution in [0.15, 0.2) is 48.7 Å². The number of hydrogen-bond acceptors (Lipinski definition) is 3. The third-order valence-corrected chi connectivity index (χ3v) is 3.09. The van der Waals surface area contributed by atoms with Crippen LogP contribution in [-0.4, -0.2) is 27.6 Å². The van der Waals surface area contributed by atoms with E-state index in [9.17, 15) is 9.90 Å². The molecule has 0 aliphatic heterocycles. The van der Waals surface area contributed by atoms with Gasteiger partial charge < -0.3 is 9.84 Å². The van der Waals surface area contributed by atoms with Crippen LogP contribution in [0.3, 0.4) is 0 Å². The number of methoxy groups -OCH3 is 1. The number of hydrogen-bond donors (Lipinski definition) is 1. The summed E-state index contributed by atoms with van der Waals surface area (Å²) in [4.78, 5) is 16.0. The highest BCUT2D eigenvalue weighted by molar-refractivity contribution is 5.95. The van der Waals surface area contributed by atoms with Crippen LogP contribution < -0.4 is 4.74 Å². The molecule has 20 heavy (non-hydrogen) atoms. The fraction of sp³-hybridized carbons (Fsp3) is 0.0667. The van der Waals surface area contributed by atoms with Crippen LogP contribution in [0.5, 0.6) is 5.75 Å². The van der Waals surface area contributed by atoms with Crippen molar-refractivity contribution in [2.45, 2.75) is 0 Å². The molecule has 0 bridgehead atoms. The van der Waals surface area contributed by atoms with Crippen molar-refractivity contribution in [1.82, 2.24) is 9.38 Å². The van der Waals surface area contributed by atoms with E-state index in [1.54, 1.807) is 42.0 Å². The van der Waals surface area contributed by atoms with E-state index in [4.69, 9.17) is 4.74 Å². The van der Waals surface area contributed by atoms with Crippen LogP contribution in [0.1, 0.15) is 10.5 Å². The molecule has 0 fully saturated rings. The molecule has 2 heterocycles. The zero-order valence-corrected chi connectivity index (χ0v) is 10.8. The van der Waals surface area contributed by atoms with Crippen LogP contribution in [0.25, 0.3) is 16.9 Å². The van der Waals surface area contributed by atoms with Crippen LogP contribution >= 0.6 is 0 Å². The average molecular weight is 268 g/mol. The van der Waals surface area contributed by atoms with Crippen molar-refractivity contribution in [3.8, 4) is 17.0 Å². The number of pyridine rings is 1. The molecule has 0 saturated heterocycles. The number of aromatic carboxylic acids is 1. The molecule has 0 atom stereocenters. The van der Waals surface area contributed by atoms with Crippen molar-refractivity contribution >= 4 is 11.6 Å². The summed E-state index contributed by atoms with van der Waals surface area (Å²) in [6, 6.07) is 12.6. The van der Waals surface area contributed by atoms with Crippen LogP contribution in [0.2, 0.25) is 0 Å². The second kappa shape index (κ2) is 4.70. The van der Waals surface area contributed by atoms with Gasteiger partial charge in [-0.2, -0.15) is 0 Å². The van der Waals surface area contributed by atoms with Gasteiger partial charge in [-0.05, 0) is 24.3 Å². The molecule has 0 spiro atoms. The molecule has 0 aliphatic carbocycles. The second-order valence-corrected chi connectivity index (χ2v) is 4.24. The van der Waals surface area contributed by atoms with E-state index in [1.807, 2.05) is 18.2 Å². The molecule has 2 aromatic heterocycles. The first-order chi connectivity index (χ1) is 9.72. The van der Waals surface area contributed by atoms with E-state index in [-0.39, 0.29) is 5.69 Å². The number of carbonyl (C=O) groups is 1. The Hall–Kier alpha value is -2.82. The highest BCUT2D eigenvalue weighted by Gasteiger charge is 2.21. The summed E-state index contributed by atoms with van der Waals surface area (Å²) in [6.07, 6.45) is 1.69. The van der Waals surface area contributed by atoms with E-state index >= 15 is 0 Å². The van der Waals surface area contributed by atoms with E-state index in [0.717, 1.165) is 0 Å². The largest absolute Gasteiger partial charge is 0.496 e. The standard InChI is InChI=1S/C15H12N2O3/c1-20-11-7-3-2-6-10(11)13-14(15(18)19)17-9-5-4-8-12(17)16-13/h2-9H,1H3,(H,18,19). The molecule has 5 heteroatoms. The van der Waals surface area contributed by atoms with Crippen molar-refractivity contribution in [2.75, 3.05) is 7.11 Å². The van der Waals surface area contributed by atoms with Crippen molar-refractivity contribution in [2.24, 2.45) is 0 Å². The summed E-state index contributed by atoms with van der Waals surface area (Å²) in [5, 5.41) is 9.48. The Morgan fingerprint density at radius 2 is 1.95 bits per heavy atom. The molecule has 3 aromatic rings. The molecule has 0 saturated carbocycles. The first-order valence-corrected chi connectivity index (χ1v) is 6.06. The number of benzene rings is 1. The van der Waals surface area contributed by atoms with Crippen LogP contribution in [0.4, 0.5) is 0 Å². The zero-order chi connectivity index (χ0) is 14.1. The van der Waals surface area contributed by atoms with Crippen LogP contribution in [-0.2, 0) is 0 Å². The van der Waals surface area contributed by atoms with Crippen molar-refractivity contribution in [1.29, 1.82) is 0 Å². The Labute approximate surface area is 115 Å². The summed E-state index contributed by atoms with van der Waals surface area (Å²) in [6.45, 7) is 0. The number of fused-ring (bicyclic) bond motifs is 1. The minimum Gasteiger partial charge on any atom is -0.496 e. The van der Waals surface area contributed by atoms with Gasteiger partial charge in [-0.1, -0.05) is 18.2 Å². The summed E-state index contributed by atoms with van der Waals surface area (Å²) in [7, 11) is 1.55. The smallest absolute Gasteiger partial charge is 0.355 e. The maximum absolute atomic E-state index is 11.6. The van der Waals surface area contributed by atoms with E-state index in [2.05, 4.69) is 4.98 Å².